The summed E-state index contributed by atoms with van der Waals surface area (Å²) in [6.07, 6.45) is 1.39. The van der Waals surface area contributed by atoms with Crippen LogP contribution in [0.25, 0.3) is 0 Å². The molecule has 3 atom stereocenters. The minimum absolute atomic E-state index is 0.431. The quantitative estimate of drug-likeness (QED) is 0.550. The van der Waals surface area contributed by atoms with Gasteiger partial charge in [0.2, 0.25) is 0 Å². The summed E-state index contributed by atoms with van der Waals surface area (Å²) in [5.74, 6) is 0.864. The monoisotopic (exact) mass is 200 g/mol. The molecule has 1 saturated heterocycles. The molecule has 14 heavy (non-hydrogen) atoms. The lowest BCUT2D eigenvalue weighted by Crippen LogP contribution is -3.23. The van der Waals surface area contributed by atoms with Gasteiger partial charge in [0.1, 0.15) is 6.04 Å². The van der Waals surface area contributed by atoms with Gasteiger partial charge < -0.3 is 9.80 Å². The second-order valence-corrected chi connectivity index (χ2v) is 6.26. The smallest absolute Gasteiger partial charge is 0.100 e. The van der Waals surface area contributed by atoms with Gasteiger partial charge in [0.25, 0.3) is 0 Å². The molecule has 1 rings (SSSR count). The highest BCUT2D eigenvalue weighted by atomic mass is 15.2. The van der Waals surface area contributed by atoms with Gasteiger partial charge >= 0.3 is 0 Å². The number of piperidine rings is 1. The molecule has 0 saturated carbocycles. The first-order valence-electron chi connectivity index (χ1n) is 5.97. The molecule has 1 unspecified atom stereocenters. The fourth-order valence-corrected chi connectivity index (χ4v) is 2.79. The third kappa shape index (κ3) is 2.71. The van der Waals surface area contributed by atoms with E-state index in [-0.39, 0.29) is 0 Å². The summed E-state index contributed by atoms with van der Waals surface area (Å²) in [7, 11) is 4.59. The summed E-state index contributed by atoms with van der Waals surface area (Å²) in [6, 6.07) is 0.876. The molecule has 1 aliphatic rings. The Hall–Kier alpha value is -0.0800. The lowest BCUT2D eigenvalue weighted by molar-refractivity contribution is -0.975. The van der Waals surface area contributed by atoms with E-state index in [1.54, 1.807) is 9.80 Å². The summed E-state index contributed by atoms with van der Waals surface area (Å²) >= 11 is 0. The van der Waals surface area contributed by atoms with E-state index in [1.165, 1.54) is 19.5 Å². The van der Waals surface area contributed by atoms with Crippen LogP contribution in [0.15, 0.2) is 0 Å². The molecule has 2 heteroatoms. The predicted molar refractivity (Wildman–Crippen MR) is 60.8 cm³/mol. The van der Waals surface area contributed by atoms with Crippen molar-refractivity contribution in [3.05, 3.63) is 0 Å². The number of hydrogen-bond donors (Lipinski definition) is 2. The molecule has 0 amide bonds. The van der Waals surface area contributed by atoms with Gasteiger partial charge in [-0.15, -0.1) is 0 Å². The normalized spacial score (nSPS) is 34.9. The second kappa shape index (κ2) is 4.19. The van der Waals surface area contributed by atoms with Gasteiger partial charge in [-0.1, -0.05) is 6.92 Å². The zero-order valence-electron chi connectivity index (χ0n) is 10.8. The molecule has 0 bridgehead atoms. The molecule has 0 aromatic heterocycles. The van der Waals surface area contributed by atoms with Crippen molar-refractivity contribution in [2.75, 3.05) is 27.2 Å². The summed E-state index contributed by atoms with van der Waals surface area (Å²) in [4.78, 5) is 3.41. The van der Waals surface area contributed by atoms with Crippen LogP contribution < -0.4 is 9.80 Å². The van der Waals surface area contributed by atoms with Crippen molar-refractivity contribution in [2.45, 2.75) is 45.7 Å². The largest absolute Gasteiger partial charge is 0.337 e. The average molecular weight is 200 g/mol. The lowest BCUT2D eigenvalue weighted by Gasteiger charge is -2.41. The summed E-state index contributed by atoms with van der Waals surface area (Å²) in [6.45, 7) is 12.2. The Kier molecular flexibility index (Phi) is 3.59. The first-order chi connectivity index (χ1) is 6.32. The first kappa shape index (κ1) is 12.0. The van der Waals surface area contributed by atoms with Crippen molar-refractivity contribution in [1.82, 2.24) is 0 Å². The lowest BCUT2D eigenvalue weighted by atomic mass is 9.90. The third-order valence-electron chi connectivity index (χ3n) is 3.81. The number of likely N-dealkylation sites (tertiary alicyclic amines) is 1. The molecular formula is C12H28N2+2. The Morgan fingerprint density at radius 1 is 1.21 bits per heavy atom. The predicted octanol–water partition coefficient (Wildman–Crippen LogP) is -0.777. The molecule has 1 heterocycles. The number of quaternary nitrogens is 2. The maximum Gasteiger partial charge on any atom is 0.100 e. The van der Waals surface area contributed by atoms with Crippen LogP contribution in [0, 0.1) is 5.92 Å². The van der Waals surface area contributed by atoms with Crippen molar-refractivity contribution in [3.63, 3.8) is 0 Å². The van der Waals surface area contributed by atoms with Crippen LogP contribution in [0.4, 0.5) is 0 Å². The zero-order valence-corrected chi connectivity index (χ0v) is 10.8. The van der Waals surface area contributed by atoms with Gasteiger partial charge in [-0.2, -0.15) is 0 Å². The maximum atomic E-state index is 2.42. The SMILES string of the molecule is C[C@H]1C[NH+](C(C)(C)C)CC[C@@H]1[NH+](C)C. The van der Waals surface area contributed by atoms with Crippen molar-refractivity contribution in [3.8, 4) is 0 Å². The highest BCUT2D eigenvalue weighted by Gasteiger charge is 2.37. The van der Waals surface area contributed by atoms with E-state index in [4.69, 9.17) is 0 Å². The molecule has 1 aliphatic heterocycles. The topological polar surface area (TPSA) is 8.88 Å². The Morgan fingerprint density at radius 2 is 1.79 bits per heavy atom. The van der Waals surface area contributed by atoms with E-state index in [0.29, 0.717) is 5.54 Å². The van der Waals surface area contributed by atoms with E-state index in [1.807, 2.05) is 0 Å². The second-order valence-electron chi connectivity index (χ2n) is 6.26. The minimum atomic E-state index is 0.431. The van der Waals surface area contributed by atoms with Crippen LogP contribution in [-0.4, -0.2) is 38.8 Å². The third-order valence-corrected chi connectivity index (χ3v) is 3.81. The Balaban J connectivity index is 2.55. The van der Waals surface area contributed by atoms with Crippen LogP contribution in [0.5, 0.6) is 0 Å². The molecule has 0 aromatic carbocycles. The van der Waals surface area contributed by atoms with E-state index >= 15 is 0 Å². The van der Waals surface area contributed by atoms with Crippen LogP contribution in [0.1, 0.15) is 34.1 Å². The van der Waals surface area contributed by atoms with Gasteiger partial charge in [0.15, 0.2) is 0 Å². The van der Waals surface area contributed by atoms with Gasteiger partial charge in [-0.05, 0) is 20.8 Å². The summed E-state index contributed by atoms with van der Waals surface area (Å²) in [5.41, 5.74) is 0.431. The first-order valence-corrected chi connectivity index (χ1v) is 5.97. The fourth-order valence-electron chi connectivity index (χ4n) is 2.79. The molecule has 0 aliphatic carbocycles. The van der Waals surface area contributed by atoms with Gasteiger partial charge in [0, 0.05) is 6.42 Å². The number of hydrogen-bond acceptors (Lipinski definition) is 0. The molecule has 2 nitrogen and oxygen atoms in total. The summed E-state index contributed by atoms with van der Waals surface area (Å²) in [5, 5.41) is 0. The zero-order chi connectivity index (χ0) is 10.9. The van der Waals surface area contributed by atoms with Crippen LogP contribution >= 0.6 is 0 Å². The average Bonchev–Trinajstić information content (AvgIpc) is 2.01. The number of rotatable bonds is 1. The van der Waals surface area contributed by atoms with Crippen molar-refractivity contribution in [1.29, 1.82) is 0 Å². The molecule has 0 aromatic rings. The molecule has 84 valence electrons. The Morgan fingerprint density at radius 3 is 2.14 bits per heavy atom. The van der Waals surface area contributed by atoms with Crippen LogP contribution in [0.2, 0.25) is 0 Å². The molecular weight excluding hydrogens is 172 g/mol. The number of nitrogens with one attached hydrogen (secondary N) is 2. The molecule has 0 radical (unpaired) electrons. The van der Waals surface area contributed by atoms with Crippen molar-refractivity contribution >= 4 is 0 Å². The van der Waals surface area contributed by atoms with E-state index in [2.05, 4.69) is 41.8 Å². The Labute approximate surface area is 89.3 Å². The molecule has 2 N–H and O–H groups in total. The maximum absolute atomic E-state index is 2.42. The highest BCUT2D eigenvalue weighted by Crippen LogP contribution is 2.07. The van der Waals surface area contributed by atoms with Gasteiger partial charge in [-0.25, -0.2) is 0 Å². The summed E-state index contributed by atoms with van der Waals surface area (Å²) < 4.78 is 0. The van der Waals surface area contributed by atoms with E-state index < -0.39 is 0 Å². The van der Waals surface area contributed by atoms with Crippen LogP contribution in [0.3, 0.4) is 0 Å². The van der Waals surface area contributed by atoms with Gasteiger partial charge in [0.05, 0.1) is 38.6 Å². The molecule has 1 fully saturated rings. The Bertz CT molecular complexity index is 181. The van der Waals surface area contributed by atoms with Crippen molar-refractivity contribution < 1.29 is 9.80 Å². The van der Waals surface area contributed by atoms with E-state index in [9.17, 15) is 0 Å². The van der Waals surface area contributed by atoms with Gasteiger partial charge in [-0.3, -0.25) is 0 Å². The fraction of sp³-hybridized carbons (Fsp3) is 1.00. The standard InChI is InChI=1S/C12H26N2/c1-10-9-14(12(2,3)4)8-7-11(10)13(5)6/h10-11H,7-9H2,1-6H3/p+2/t10-,11-/m0/s1. The van der Waals surface area contributed by atoms with E-state index in [0.717, 1.165) is 12.0 Å². The highest BCUT2D eigenvalue weighted by molar-refractivity contribution is 4.70. The van der Waals surface area contributed by atoms with Crippen LogP contribution in [-0.2, 0) is 0 Å². The van der Waals surface area contributed by atoms with Crippen molar-refractivity contribution in [2.24, 2.45) is 5.92 Å². The minimum Gasteiger partial charge on any atom is -0.337 e. The molecule has 0 spiro atoms.